The highest BCUT2D eigenvalue weighted by atomic mass is 32.2. The molecule has 0 saturated carbocycles. The first-order valence-electron chi connectivity index (χ1n) is 9.34. The summed E-state index contributed by atoms with van der Waals surface area (Å²) in [5, 5.41) is 2.47. The number of carbonyl (C=O) groups excluding carboxylic acids is 2. The van der Waals surface area contributed by atoms with E-state index in [2.05, 4.69) is 5.32 Å². The molecule has 0 aliphatic heterocycles. The van der Waals surface area contributed by atoms with Crippen LogP contribution in [0.3, 0.4) is 0 Å². The maximum absolute atomic E-state index is 14.2. The van der Waals surface area contributed by atoms with Crippen molar-refractivity contribution in [2.75, 3.05) is 24.2 Å². The van der Waals surface area contributed by atoms with E-state index in [4.69, 9.17) is 0 Å². The number of nitrogens with one attached hydrogen (secondary N) is 1. The third kappa shape index (κ3) is 5.56. The number of likely N-dealkylation sites (N-methyl/N-ethyl adjacent to an activating group) is 1. The van der Waals surface area contributed by atoms with Crippen molar-refractivity contribution in [3.63, 3.8) is 0 Å². The van der Waals surface area contributed by atoms with Gasteiger partial charge >= 0.3 is 0 Å². The number of carbonyl (C=O) groups is 2. The smallest absolute Gasteiger partial charge is 0.244 e. The number of rotatable bonds is 8. The van der Waals surface area contributed by atoms with Crippen LogP contribution < -0.4 is 9.62 Å². The quantitative estimate of drug-likeness (QED) is 0.688. The lowest BCUT2D eigenvalue weighted by Crippen LogP contribution is -2.50. The van der Waals surface area contributed by atoms with Gasteiger partial charge in [0.1, 0.15) is 18.4 Å². The van der Waals surface area contributed by atoms with Crippen LogP contribution in [0.15, 0.2) is 48.5 Å². The van der Waals surface area contributed by atoms with Crippen LogP contribution in [0.25, 0.3) is 0 Å². The van der Waals surface area contributed by atoms with E-state index in [1.165, 1.54) is 37.1 Å². The Balaban J connectivity index is 2.41. The van der Waals surface area contributed by atoms with E-state index in [0.717, 1.165) is 10.6 Å². The highest BCUT2D eigenvalue weighted by Crippen LogP contribution is 2.23. The molecule has 0 radical (unpaired) electrons. The van der Waals surface area contributed by atoms with Gasteiger partial charge in [-0.1, -0.05) is 36.4 Å². The minimum Gasteiger partial charge on any atom is -0.357 e. The summed E-state index contributed by atoms with van der Waals surface area (Å²) in [6, 6.07) is 11.8. The van der Waals surface area contributed by atoms with Gasteiger partial charge in [-0.25, -0.2) is 12.8 Å². The molecule has 1 atom stereocenters. The van der Waals surface area contributed by atoms with Crippen LogP contribution in [-0.2, 0) is 26.2 Å². The second-order valence-electron chi connectivity index (χ2n) is 6.96. The molecule has 1 N–H and O–H groups in total. The topological polar surface area (TPSA) is 86.8 Å². The van der Waals surface area contributed by atoms with Gasteiger partial charge in [-0.15, -0.1) is 0 Å². The SMILES string of the molecule is CNC(=O)C(C)N(Cc1ccccc1F)C(=O)CN(c1ccccc1C)S(C)(=O)=O. The number of para-hydroxylation sites is 1. The zero-order valence-electron chi connectivity index (χ0n) is 17.4. The fourth-order valence-corrected chi connectivity index (χ4v) is 3.95. The van der Waals surface area contributed by atoms with Gasteiger partial charge in [-0.05, 0) is 31.5 Å². The van der Waals surface area contributed by atoms with Crippen LogP contribution in [0.1, 0.15) is 18.1 Å². The number of hydrogen-bond donors (Lipinski definition) is 1. The van der Waals surface area contributed by atoms with Crippen molar-refractivity contribution in [2.24, 2.45) is 0 Å². The molecule has 0 fully saturated rings. The molecule has 0 saturated heterocycles. The third-order valence-electron chi connectivity index (χ3n) is 4.78. The van der Waals surface area contributed by atoms with Gasteiger partial charge in [-0.2, -0.15) is 0 Å². The standard InChI is InChI=1S/C21H26FN3O4S/c1-15-9-5-8-12-19(15)25(30(4,28)29)14-20(26)24(16(2)21(27)23-3)13-17-10-6-7-11-18(17)22/h5-12,16H,13-14H2,1-4H3,(H,23,27). The Labute approximate surface area is 176 Å². The molecule has 30 heavy (non-hydrogen) atoms. The van der Waals surface area contributed by atoms with Crippen LogP contribution in [-0.4, -0.2) is 51.0 Å². The third-order valence-corrected chi connectivity index (χ3v) is 5.90. The van der Waals surface area contributed by atoms with Gasteiger partial charge in [0.2, 0.25) is 21.8 Å². The molecule has 0 aliphatic carbocycles. The van der Waals surface area contributed by atoms with Gasteiger partial charge in [0.05, 0.1) is 11.9 Å². The van der Waals surface area contributed by atoms with Gasteiger partial charge in [0.15, 0.2) is 0 Å². The van der Waals surface area contributed by atoms with E-state index in [1.807, 2.05) is 0 Å². The highest BCUT2D eigenvalue weighted by molar-refractivity contribution is 7.92. The molecular weight excluding hydrogens is 409 g/mol. The lowest BCUT2D eigenvalue weighted by atomic mass is 10.1. The Morgan fingerprint density at radius 2 is 1.70 bits per heavy atom. The normalized spacial score (nSPS) is 12.2. The molecule has 0 bridgehead atoms. The molecule has 1 unspecified atom stereocenters. The van der Waals surface area contributed by atoms with Crippen molar-refractivity contribution in [2.45, 2.75) is 26.4 Å². The fraction of sp³-hybridized carbons (Fsp3) is 0.333. The Kier molecular flexibility index (Phi) is 7.55. The number of amides is 2. The highest BCUT2D eigenvalue weighted by Gasteiger charge is 2.30. The summed E-state index contributed by atoms with van der Waals surface area (Å²) in [7, 11) is -2.36. The Morgan fingerprint density at radius 3 is 2.27 bits per heavy atom. The largest absolute Gasteiger partial charge is 0.357 e. The molecule has 0 heterocycles. The van der Waals surface area contributed by atoms with E-state index >= 15 is 0 Å². The number of sulfonamides is 1. The van der Waals surface area contributed by atoms with Gasteiger partial charge < -0.3 is 10.2 Å². The van der Waals surface area contributed by atoms with E-state index < -0.39 is 40.2 Å². The maximum Gasteiger partial charge on any atom is 0.244 e. The summed E-state index contributed by atoms with van der Waals surface area (Å²) in [4.78, 5) is 26.6. The number of nitrogens with zero attached hydrogens (tertiary/aromatic N) is 2. The van der Waals surface area contributed by atoms with Crippen LogP contribution >= 0.6 is 0 Å². The first-order chi connectivity index (χ1) is 14.1. The maximum atomic E-state index is 14.2. The minimum atomic E-state index is -3.79. The lowest BCUT2D eigenvalue weighted by molar-refractivity contribution is -0.139. The lowest BCUT2D eigenvalue weighted by Gasteiger charge is -2.31. The molecule has 162 valence electrons. The summed E-state index contributed by atoms with van der Waals surface area (Å²) < 4.78 is 40.0. The molecule has 0 aromatic heterocycles. The predicted molar refractivity (Wildman–Crippen MR) is 114 cm³/mol. The predicted octanol–water partition coefficient (Wildman–Crippen LogP) is 2.06. The van der Waals surface area contributed by atoms with E-state index in [-0.39, 0.29) is 12.1 Å². The molecule has 7 nitrogen and oxygen atoms in total. The Hall–Kier alpha value is -2.94. The first-order valence-corrected chi connectivity index (χ1v) is 11.2. The van der Waals surface area contributed by atoms with E-state index in [9.17, 15) is 22.4 Å². The van der Waals surface area contributed by atoms with Crippen molar-refractivity contribution < 1.29 is 22.4 Å². The fourth-order valence-electron chi connectivity index (χ4n) is 3.04. The van der Waals surface area contributed by atoms with Crippen molar-refractivity contribution in [1.29, 1.82) is 0 Å². The molecule has 2 aromatic rings. The second-order valence-corrected chi connectivity index (χ2v) is 8.87. The minimum absolute atomic E-state index is 0.175. The number of hydrogen-bond acceptors (Lipinski definition) is 4. The second kappa shape index (κ2) is 9.71. The van der Waals surface area contributed by atoms with Gasteiger partial charge in [0, 0.05) is 19.2 Å². The summed E-state index contributed by atoms with van der Waals surface area (Å²) in [6.07, 6.45) is 1.01. The van der Waals surface area contributed by atoms with E-state index in [1.54, 1.807) is 37.3 Å². The molecule has 2 aromatic carbocycles. The number of halogens is 1. The first kappa shape index (κ1) is 23.3. The molecule has 2 rings (SSSR count). The van der Waals surface area contributed by atoms with Crippen molar-refractivity contribution in [3.05, 3.63) is 65.5 Å². The zero-order chi connectivity index (χ0) is 22.5. The Morgan fingerprint density at radius 1 is 1.10 bits per heavy atom. The molecular formula is C21H26FN3O4S. The van der Waals surface area contributed by atoms with E-state index in [0.29, 0.717) is 11.3 Å². The number of benzene rings is 2. The van der Waals surface area contributed by atoms with Crippen LogP contribution in [0.5, 0.6) is 0 Å². The zero-order valence-corrected chi connectivity index (χ0v) is 18.2. The van der Waals surface area contributed by atoms with Crippen LogP contribution in [0, 0.1) is 12.7 Å². The van der Waals surface area contributed by atoms with Gasteiger partial charge in [0.25, 0.3) is 0 Å². The number of aryl methyl sites for hydroxylation is 1. The molecule has 2 amide bonds. The summed E-state index contributed by atoms with van der Waals surface area (Å²) in [6.45, 7) is 2.56. The van der Waals surface area contributed by atoms with Gasteiger partial charge in [-0.3, -0.25) is 13.9 Å². The Bertz CT molecular complexity index is 1030. The summed E-state index contributed by atoms with van der Waals surface area (Å²) in [5.74, 6) is -1.58. The average Bonchev–Trinajstić information content (AvgIpc) is 2.70. The molecule has 0 aliphatic rings. The molecule has 0 spiro atoms. The van der Waals surface area contributed by atoms with Crippen molar-refractivity contribution in [3.8, 4) is 0 Å². The molecule has 9 heteroatoms. The monoisotopic (exact) mass is 435 g/mol. The van der Waals surface area contributed by atoms with Crippen LogP contribution in [0.4, 0.5) is 10.1 Å². The average molecular weight is 436 g/mol. The van der Waals surface area contributed by atoms with Crippen LogP contribution in [0.2, 0.25) is 0 Å². The number of anilines is 1. The summed E-state index contributed by atoms with van der Waals surface area (Å²) >= 11 is 0. The summed E-state index contributed by atoms with van der Waals surface area (Å²) in [5.41, 5.74) is 1.27. The van der Waals surface area contributed by atoms with Crippen molar-refractivity contribution >= 4 is 27.5 Å². The van der Waals surface area contributed by atoms with Crippen molar-refractivity contribution in [1.82, 2.24) is 10.2 Å².